The van der Waals surface area contributed by atoms with E-state index >= 15 is 0 Å². The predicted octanol–water partition coefficient (Wildman–Crippen LogP) is 1.93. The molecular weight excluding hydrogens is 260 g/mol. The number of unbranched alkanes of at least 4 members (excludes halogenated alkanes) is 1. The Labute approximate surface area is 119 Å². The third-order valence-electron chi connectivity index (χ3n) is 2.51. The molecule has 0 aliphatic carbocycles. The normalized spacial score (nSPS) is 11.6. The van der Waals surface area contributed by atoms with Crippen LogP contribution in [0.1, 0.15) is 29.7 Å². The molecule has 1 rings (SSSR count). The van der Waals surface area contributed by atoms with Crippen molar-refractivity contribution in [2.45, 2.75) is 33.2 Å². The molecule has 0 saturated carbocycles. The minimum atomic E-state index is 0.719. The molecule has 0 aromatic carbocycles. The van der Waals surface area contributed by atoms with E-state index in [9.17, 15) is 0 Å². The molecule has 0 bridgehead atoms. The summed E-state index contributed by atoms with van der Waals surface area (Å²) in [6.07, 6.45) is 4.05. The molecule has 0 aliphatic heterocycles. The van der Waals surface area contributed by atoms with Crippen molar-refractivity contribution in [3.63, 3.8) is 0 Å². The van der Waals surface area contributed by atoms with Crippen molar-refractivity contribution < 1.29 is 4.74 Å². The highest BCUT2D eigenvalue weighted by atomic mass is 32.1. The van der Waals surface area contributed by atoms with Crippen LogP contribution in [0.15, 0.2) is 11.2 Å². The van der Waals surface area contributed by atoms with Crippen LogP contribution in [-0.2, 0) is 11.3 Å². The molecule has 0 atom stereocenters. The average Bonchev–Trinajstić information content (AvgIpc) is 2.83. The molecule has 0 spiro atoms. The summed E-state index contributed by atoms with van der Waals surface area (Å²) in [5.41, 5.74) is 0. The van der Waals surface area contributed by atoms with Gasteiger partial charge in [0.15, 0.2) is 5.96 Å². The quantitative estimate of drug-likeness (QED) is 0.435. The van der Waals surface area contributed by atoms with E-state index < -0.39 is 0 Å². The Morgan fingerprint density at radius 3 is 2.89 bits per heavy atom. The van der Waals surface area contributed by atoms with Crippen LogP contribution in [0.5, 0.6) is 0 Å². The minimum Gasteiger partial charge on any atom is -0.382 e. The Hall–Kier alpha value is -1.14. The van der Waals surface area contributed by atoms with Gasteiger partial charge in [0.25, 0.3) is 0 Å². The average molecular weight is 284 g/mol. The molecule has 0 saturated heterocycles. The van der Waals surface area contributed by atoms with Crippen molar-refractivity contribution in [2.24, 2.45) is 4.99 Å². The van der Waals surface area contributed by atoms with Crippen LogP contribution in [0, 0.1) is 6.92 Å². The summed E-state index contributed by atoms with van der Waals surface area (Å²) < 4.78 is 5.29. The second-order valence-corrected chi connectivity index (χ2v) is 5.44. The van der Waals surface area contributed by atoms with E-state index in [1.54, 1.807) is 18.4 Å². The maximum Gasteiger partial charge on any atom is 0.191 e. The number of aliphatic imine (C=N–C) groups is 1. The van der Waals surface area contributed by atoms with Crippen molar-refractivity contribution in [2.75, 3.05) is 26.8 Å². The molecule has 1 aromatic heterocycles. The number of thiazole rings is 1. The Bertz CT molecular complexity index is 378. The first kappa shape index (κ1) is 15.9. The summed E-state index contributed by atoms with van der Waals surface area (Å²) in [5, 5.41) is 7.62. The highest BCUT2D eigenvalue weighted by molar-refractivity contribution is 7.11. The number of nitrogens with one attached hydrogen (secondary N) is 2. The van der Waals surface area contributed by atoms with Gasteiger partial charge in [-0.2, -0.15) is 0 Å². The third-order valence-corrected chi connectivity index (χ3v) is 3.42. The van der Waals surface area contributed by atoms with Crippen LogP contribution in [-0.4, -0.2) is 37.7 Å². The summed E-state index contributed by atoms with van der Waals surface area (Å²) in [6.45, 7) is 7.34. The van der Waals surface area contributed by atoms with Gasteiger partial charge >= 0.3 is 0 Å². The van der Waals surface area contributed by atoms with Gasteiger partial charge in [-0.15, -0.1) is 11.3 Å². The summed E-state index contributed by atoms with van der Waals surface area (Å²) in [5.74, 6) is 0.823. The van der Waals surface area contributed by atoms with Gasteiger partial charge < -0.3 is 15.4 Å². The molecule has 19 heavy (non-hydrogen) atoms. The number of hydrogen-bond donors (Lipinski definition) is 2. The number of aromatic nitrogens is 1. The lowest BCUT2D eigenvalue weighted by Crippen LogP contribution is -2.37. The van der Waals surface area contributed by atoms with E-state index in [0.29, 0.717) is 0 Å². The molecule has 1 aromatic rings. The lowest BCUT2D eigenvalue weighted by Gasteiger charge is -2.10. The zero-order chi connectivity index (χ0) is 13.9. The highest BCUT2D eigenvalue weighted by Crippen LogP contribution is 2.10. The van der Waals surface area contributed by atoms with E-state index in [1.807, 2.05) is 13.1 Å². The summed E-state index contributed by atoms with van der Waals surface area (Å²) >= 11 is 1.70. The lowest BCUT2D eigenvalue weighted by atomic mass is 10.3. The first-order valence-electron chi connectivity index (χ1n) is 6.69. The molecule has 0 fully saturated rings. The summed E-state index contributed by atoms with van der Waals surface area (Å²) in [6, 6.07) is 0. The fraction of sp³-hybridized carbons (Fsp3) is 0.692. The van der Waals surface area contributed by atoms with Gasteiger partial charge in [0, 0.05) is 37.9 Å². The van der Waals surface area contributed by atoms with E-state index in [4.69, 9.17) is 4.74 Å². The second-order valence-electron chi connectivity index (χ2n) is 4.12. The first-order valence-corrected chi connectivity index (χ1v) is 7.51. The molecule has 108 valence electrons. The van der Waals surface area contributed by atoms with Gasteiger partial charge in [0.05, 0.1) is 6.54 Å². The van der Waals surface area contributed by atoms with Crippen LogP contribution >= 0.6 is 11.3 Å². The van der Waals surface area contributed by atoms with Crippen LogP contribution in [0.25, 0.3) is 0 Å². The number of rotatable bonds is 8. The van der Waals surface area contributed by atoms with Gasteiger partial charge in [0.1, 0.15) is 5.01 Å². The third kappa shape index (κ3) is 7.12. The van der Waals surface area contributed by atoms with Crippen molar-refractivity contribution >= 4 is 17.3 Å². The molecule has 6 heteroatoms. The number of guanidine groups is 1. The largest absolute Gasteiger partial charge is 0.382 e. The molecule has 0 radical (unpaired) electrons. The zero-order valence-electron chi connectivity index (χ0n) is 12.0. The number of ether oxygens (including phenoxy) is 1. The minimum absolute atomic E-state index is 0.719. The second kappa shape index (κ2) is 9.75. The molecular formula is C13H24N4OS. The smallest absolute Gasteiger partial charge is 0.191 e. The van der Waals surface area contributed by atoms with Gasteiger partial charge in [-0.25, -0.2) is 4.98 Å². The molecule has 5 nitrogen and oxygen atoms in total. The first-order chi connectivity index (χ1) is 9.26. The van der Waals surface area contributed by atoms with Gasteiger partial charge in [-0.05, 0) is 26.7 Å². The number of hydrogen-bond acceptors (Lipinski definition) is 4. The monoisotopic (exact) mass is 284 g/mol. The highest BCUT2D eigenvalue weighted by Gasteiger charge is 2.01. The Balaban J connectivity index is 2.12. The van der Waals surface area contributed by atoms with Crippen LogP contribution in [0.4, 0.5) is 0 Å². The number of nitrogens with zero attached hydrogens (tertiary/aromatic N) is 2. The Morgan fingerprint density at radius 1 is 1.42 bits per heavy atom. The fourth-order valence-corrected chi connectivity index (χ4v) is 2.27. The summed E-state index contributed by atoms with van der Waals surface area (Å²) in [4.78, 5) is 9.72. The van der Waals surface area contributed by atoms with Crippen LogP contribution in [0.3, 0.4) is 0 Å². The van der Waals surface area contributed by atoms with Crippen molar-refractivity contribution in [3.05, 3.63) is 16.1 Å². The van der Waals surface area contributed by atoms with Gasteiger partial charge in [-0.1, -0.05) is 0 Å². The fourth-order valence-electron chi connectivity index (χ4n) is 1.54. The SMILES string of the molecule is CCOCCCCNC(=NC)NCc1ncc(C)s1. The van der Waals surface area contributed by atoms with E-state index in [1.165, 1.54) is 4.88 Å². The molecule has 1 heterocycles. The van der Waals surface area contributed by atoms with Gasteiger partial charge in [0.2, 0.25) is 0 Å². The lowest BCUT2D eigenvalue weighted by molar-refractivity contribution is 0.143. The van der Waals surface area contributed by atoms with E-state index in [-0.39, 0.29) is 0 Å². The van der Waals surface area contributed by atoms with E-state index in [0.717, 1.165) is 50.1 Å². The molecule has 0 amide bonds. The molecule has 2 N–H and O–H groups in total. The van der Waals surface area contributed by atoms with Crippen LogP contribution in [0.2, 0.25) is 0 Å². The predicted molar refractivity (Wildman–Crippen MR) is 80.8 cm³/mol. The Morgan fingerprint density at radius 2 is 2.26 bits per heavy atom. The standard InChI is InChI=1S/C13H24N4OS/c1-4-18-8-6-5-7-15-13(14-3)17-10-12-16-9-11(2)19-12/h9H,4-8,10H2,1-3H3,(H2,14,15,17). The topological polar surface area (TPSA) is 58.5 Å². The van der Waals surface area contributed by atoms with Crippen molar-refractivity contribution in [3.8, 4) is 0 Å². The Kier molecular flexibility index (Phi) is 8.16. The van der Waals surface area contributed by atoms with Crippen molar-refractivity contribution in [1.29, 1.82) is 0 Å². The molecule has 0 unspecified atom stereocenters. The number of aryl methyl sites for hydroxylation is 1. The zero-order valence-corrected chi connectivity index (χ0v) is 12.8. The maximum atomic E-state index is 5.29. The maximum absolute atomic E-state index is 5.29. The van der Waals surface area contributed by atoms with Crippen LogP contribution < -0.4 is 10.6 Å². The van der Waals surface area contributed by atoms with E-state index in [2.05, 4.69) is 27.5 Å². The molecule has 0 aliphatic rings. The van der Waals surface area contributed by atoms with Gasteiger partial charge in [-0.3, -0.25) is 4.99 Å². The van der Waals surface area contributed by atoms with Crippen molar-refractivity contribution in [1.82, 2.24) is 15.6 Å². The summed E-state index contributed by atoms with van der Waals surface area (Å²) in [7, 11) is 1.78.